The summed E-state index contributed by atoms with van der Waals surface area (Å²) in [6.45, 7) is 5.83. The zero-order valence-corrected chi connectivity index (χ0v) is 14.5. The maximum atomic E-state index is 8.35. The minimum Gasteiger partial charge on any atom is -0.301 e. The van der Waals surface area contributed by atoms with Crippen molar-refractivity contribution >= 4 is 0 Å². The first-order valence-corrected chi connectivity index (χ1v) is 8.95. The van der Waals surface area contributed by atoms with Gasteiger partial charge >= 0.3 is 0 Å². The Morgan fingerprint density at radius 2 is 1.44 bits per heavy atom. The molecule has 1 aliphatic heterocycles. The Balaban J connectivity index is 1.66. The van der Waals surface area contributed by atoms with Crippen molar-refractivity contribution in [3.63, 3.8) is 0 Å². The van der Waals surface area contributed by atoms with Gasteiger partial charge in [-0.05, 0) is 29.6 Å². The van der Waals surface area contributed by atoms with Gasteiger partial charge in [0.25, 0.3) is 0 Å². The Bertz CT molecular complexity index is 634. The second-order valence-electron chi connectivity index (χ2n) is 6.41. The molecule has 130 valence electrons. The smallest absolute Gasteiger partial charge is 0.0602 e. The molecular formula is C20H25N5. The second-order valence-corrected chi connectivity index (χ2v) is 6.41. The summed E-state index contributed by atoms with van der Waals surface area (Å²) >= 11 is 0. The number of nitrogens with zero attached hydrogens (tertiary/aromatic N) is 5. The van der Waals surface area contributed by atoms with E-state index in [1.54, 1.807) is 0 Å². The van der Waals surface area contributed by atoms with Crippen LogP contribution >= 0.6 is 0 Å². The molecule has 0 bridgehead atoms. The third-order valence-electron chi connectivity index (χ3n) is 4.80. The van der Waals surface area contributed by atoms with Gasteiger partial charge in [0.15, 0.2) is 0 Å². The molecular weight excluding hydrogens is 310 g/mol. The number of azide groups is 1. The molecule has 0 N–H and O–H groups in total. The quantitative estimate of drug-likeness (QED) is 0.331. The molecule has 0 aliphatic carbocycles. The summed E-state index contributed by atoms with van der Waals surface area (Å²) in [5.41, 5.74) is 11.1. The molecule has 2 aromatic carbocycles. The lowest BCUT2D eigenvalue weighted by Crippen LogP contribution is -2.48. The molecule has 0 spiro atoms. The van der Waals surface area contributed by atoms with Gasteiger partial charge in [-0.1, -0.05) is 65.8 Å². The maximum absolute atomic E-state index is 8.35. The van der Waals surface area contributed by atoms with Crippen molar-refractivity contribution in [2.75, 3.05) is 39.3 Å². The highest BCUT2D eigenvalue weighted by Gasteiger charge is 2.25. The summed E-state index contributed by atoms with van der Waals surface area (Å²) in [5.74, 6) is 0. The summed E-state index contributed by atoms with van der Waals surface area (Å²) in [4.78, 5) is 7.87. The van der Waals surface area contributed by atoms with Crippen molar-refractivity contribution < 1.29 is 0 Å². The topological polar surface area (TPSA) is 55.2 Å². The molecule has 0 radical (unpaired) electrons. The molecule has 5 heteroatoms. The zero-order chi connectivity index (χ0) is 17.3. The molecule has 0 atom stereocenters. The predicted molar refractivity (Wildman–Crippen MR) is 101 cm³/mol. The fourth-order valence-electron chi connectivity index (χ4n) is 3.54. The summed E-state index contributed by atoms with van der Waals surface area (Å²) in [6.07, 6.45) is 0.935. The fourth-order valence-corrected chi connectivity index (χ4v) is 3.54. The van der Waals surface area contributed by atoms with Gasteiger partial charge in [0, 0.05) is 37.6 Å². The molecule has 0 aromatic heterocycles. The monoisotopic (exact) mass is 335 g/mol. The van der Waals surface area contributed by atoms with E-state index in [2.05, 4.69) is 80.5 Å². The summed E-state index contributed by atoms with van der Waals surface area (Å²) in [6, 6.07) is 21.9. The van der Waals surface area contributed by atoms with Crippen molar-refractivity contribution in [1.82, 2.24) is 9.80 Å². The first-order valence-electron chi connectivity index (χ1n) is 8.95. The molecule has 5 nitrogen and oxygen atoms in total. The Kier molecular flexibility index (Phi) is 6.46. The number of rotatable bonds is 7. The van der Waals surface area contributed by atoms with E-state index in [-0.39, 0.29) is 0 Å². The maximum Gasteiger partial charge on any atom is 0.0602 e. The van der Waals surface area contributed by atoms with E-state index < -0.39 is 0 Å². The second kappa shape index (κ2) is 9.23. The van der Waals surface area contributed by atoms with Crippen LogP contribution in [0.15, 0.2) is 65.8 Å². The predicted octanol–water partition coefficient (Wildman–Crippen LogP) is 4.09. The van der Waals surface area contributed by atoms with E-state index in [0.717, 1.165) is 39.1 Å². The van der Waals surface area contributed by atoms with Crippen molar-refractivity contribution in [1.29, 1.82) is 0 Å². The van der Waals surface area contributed by atoms with Crippen molar-refractivity contribution in [3.05, 3.63) is 82.2 Å². The van der Waals surface area contributed by atoms with E-state index >= 15 is 0 Å². The van der Waals surface area contributed by atoms with Crippen LogP contribution in [0.1, 0.15) is 23.6 Å². The number of benzene rings is 2. The van der Waals surface area contributed by atoms with Crippen molar-refractivity contribution in [2.45, 2.75) is 12.5 Å². The number of hydrogen-bond acceptors (Lipinski definition) is 3. The lowest BCUT2D eigenvalue weighted by Gasteiger charge is -2.39. The van der Waals surface area contributed by atoms with Crippen LogP contribution in [0.4, 0.5) is 0 Å². The zero-order valence-electron chi connectivity index (χ0n) is 14.5. The highest BCUT2D eigenvalue weighted by Crippen LogP contribution is 2.29. The SMILES string of the molecule is [N-]=[N+]=NCCCN1CCN(C(c2ccccc2)c2ccccc2)CC1. The van der Waals surface area contributed by atoms with E-state index in [4.69, 9.17) is 5.53 Å². The molecule has 1 fully saturated rings. The van der Waals surface area contributed by atoms with Crippen molar-refractivity contribution in [2.24, 2.45) is 5.11 Å². The van der Waals surface area contributed by atoms with Crippen molar-refractivity contribution in [3.8, 4) is 0 Å². The molecule has 25 heavy (non-hydrogen) atoms. The number of piperazine rings is 1. The van der Waals surface area contributed by atoms with E-state index in [0.29, 0.717) is 12.6 Å². The van der Waals surface area contributed by atoms with Gasteiger partial charge in [0.1, 0.15) is 0 Å². The van der Waals surface area contributed by atoms with Gasteiger partial charge in [-0.3, -0.25) is 4.90 Å². The van der Waals surface area contributed by atoms with Crippen LogP contribution in [-0.4, -0.2) is 49.1 Å². The molecule has 1 aliphatic rings. The van der Waals surface area contributed by atoms with E-state index in [9.17, 15) is 0 Å². The van der Waals surface area contributed by atoms with E-state index in [1.165, 1.54) is 11.1 Å². The first-order chi connectivity index (χ1) is 12.4. The Morgan fingerprint density at radius 1 is 0.880 bits per heavy atom. The normalized spacial score (nSPS) is 15.9. The molecule has 2 aromatic rings. The van der Waals surface area contributed by atoms with Crippen LogP contribution in [0, 0.1) is 0 Å². The number of hydrogen-bond donors (Lipinski definition) is 0. The molecule has 0 saturated carbocycles. The summed E-state index contributed by atoms with van der Waals surface area (Å²) in [5, 5.41) is 3.62. The minimum absolute atomic E-state index is 0.313. The molecule has 0 unspecified atom stereocenters. The summed E-state index contributed by atoms with van der Waals surface area (Å²) < 4.78 is 0. The highest BCUT2D eigenvalue weighted by atomic mass is 15.3. The summed E-state index contributed by atoms with van der Waals surface area (Å²) in [7, 11) is 0. The third kappa shape index (κ3) is 4.83. The molecule has 3 rings (SSSR count). The Morgan fingerprint density at radius 3 is 1.96 bits per heavy atom. The lowest BCUT2D eigenvalue weighted by atomic mass is 9.96. The van der Waals surface area contributed by atoms with Crippen LogP contribution in [0.5, 0.6) is 0 Å². The Labute approximate surface area is 149 Å². The van der Waals surface area contributed by atoms with Gasteiger partial charge in [-0.2, -0.15) is 0 Å². The average molecular weight is 335 g/mol. The fraction of sp³-hybridized carbons (Fsp3) is 0.400. The third-order valence-corrected chi connectivity index (χ3v) is 4.80. The Hall–Kier alpha value is -2.33. The van der Waals surface area contributed by atoms with Crippen LogP contribution in [0.25, 0.3) is 10.4 Å². The van der Waals surface area contributed by atoms with Gasteiger partial charge < -0.3 is 4.90 Å². The largest absolute Gasteiger partial charge is 0.301 e. The van der Waals surface area contributed by atoms with Crippen LogP contribution in [0.2, 0.25) is 0 Å². The molecule has 1 saturated heterocycles. The first kappa shape index (κ1) is 17.5. The van der Waals surface area contributed by atoms with Gasteiger partial charge in [-0.25, -0.2) is 0 Å². The van der Waals surface area contributed by atoms with Gasteiger partial charge in [-0.15, -0.1) is 0 Å². The average Bonchev–Trinajstić information content (AvgIpc) is 2.68. The molecule has 1 heterocycles. The van der Waals surface area contributed by atoms with Gasteiger partial charge in [0.05, 0.1) is 6.04 Å². The van der Waals surface area contributed by atoms with Crippen LogP contribution in [0.3, 0.4) is 0 Å². The minimum atomic E-state index is 0.313. The van der Waals surface area contributed by atoms with Crippen LogP contribution < -0.4 is 0 Å². The highest BCUT2D eigenvalue weighted by molar-refractivity contribution is 5.31. The lowest BCUT2D eigenvalue weighted by molar-refractivity contribution is 0.109. The van der Waals surface area contributed by atoms with Gasteiger partial charge in [0.2, 0.25) is 0 Å². The van der Waals surface area contributed by atoms with Crippen LogP contribution in [-0.2, 0) is 0 Å². The molecule has 0 amide bonds. The standard InChI is InChI=1S/C20H25N5/c21-23-22-12-7-13-24-14-16-25(17-15-24)20(18-8-3-1-4-9-18)19-10-5-2-6-11-19/h1-6,8-11,20H,7,12-17H2. The van der Waals surface area contributed by atoms with E-state index in [1.807, 2.05) is 0 Å².